The second kappa shape index (κ2) is 11.6. The second-order valence-electron chi connectivity index (χ2n) is 7.36. The first-order chi connectivity index (χ1) is 10.2. The van der Waals surface area contributed by atoms with Gasteiger partial charge in [-0.25, -0.2) is 0 Å². The molecule has 0 aliphatic rings. The smallest absolute Gasteiger partial charge is 0.306 e. The van der Waals surface area contributed by atoms with Gasteiger partial charge in [0.1, 0.15) is 12.3 Å². The zero-order chi connectivity index (χ0) is 17.0. The van der Waals surface area contributed by atoms with E-state index in [1.165, 1.54) is 32.1 Å². The fourth-order valence-corrected chi connectivity index (χ4v) is 2.55. The van der Waals surface area contributed by atoms with Crippen molar-refractivity contribution in [1.82, 2.24) is 0 Å². The highest BCUT2D eigenvalue weighted by Crippen LogP contribution is 2.11. The van der Waals surface area contributed by atoms with Crippen molar-refractivity contribution in [2.45, 2.75) is 77.7 Å². The van der Waals surface area contributed by atoms with Crippen LogP contribution >= 0.6 is 0 Å². The minimum atomic E-state index is -0.297. The molecule has 0 fully saturated rings. The summed E-state index contributed by atoms with van der Waals surface area (Å²) in [6, 6.07) is 0. The summed E-state index contributed by atoms with van der Waals surface area (Å²) in [6.07, 6.45) is 8.79. The summed E-state index contributed by atoms with van der Waals surface area (Å²) >= 11 is 0. The van der Waals surface area contributed by atoms with Crippen LogP contribution in [0.3, 0.4) is 0 Å². The van der Waals surface area contributed by atoms with Crippen LogP contribution in [0.1, 0.15) is 71.6 Å². The van der Waals surface area contributed by atoms with Crippen LogP contribution in [0.2, 0.25) is 0 Å². The zero-order valence-corrected chi connectivity index (χ0v) is 15.3. The Morgan fingerprint density at radius 1 is 0.955 bits per heavy atom. The van der Waals surface area contributed by atoms with Crippen LogP contribution in [0.15, 0.2) is 0 Å². The van der Waals surface area contributed by atoms with E-state index in [-0.39, 0.29) is 17.9 Å². The number of carbonyl (C=O) groups is 2. The van der Waals surface area contributed by atoms with E-state index in [1.807, 2.05) is 21.1 Å². The van der Waals surface area contributed by atoms with E-state index in [0.29, 0.717) is 23.9 Å². The van der Waals surface area contributed by atoms with Crippen molar-refractivity contribution in [2.75, 3.05) is 27.7 Å². The van der Waals surface area contributed by atoms with Gasteiger partial charge in [-0.05, 0) is 13.3 Å². The number of ketones is 1. The first-order valence-corrected chi connectivity index (χ1v) is 8.74. The van der Waals surface area contributed by atoms with Crippen LogP contribution in [0.25, 0.3) is 0 Å². The van der Waals surface area contributed by atoms with Gasteiger partial charge in [0.05, 0.1) is 21.1 Å². The van der Waals surface area contributed by atoms with Gasteiger partial charge in [0.2, 0.25) is 0 Å². The van der Waals surface area contributed by atoms with E-state index in [2.05, 4.69) is 6.92 Å². The summed E-state index contributed by atoms with van der Waals surface area (Å²) < 4.78 is 6.19. The summed E-state index contributed by atoms with van der Waals surface area (Å²) in [5.41, 5.74) is 0. The Bertz CT molecular complexity index is 321. The summed E-state index contributed by atoms with van der Waals surface area (Å²) in [4.78, 5) is 23.2. The van der Waals surface area contributed by atoms with Crippen molar-refractivity contribution in [3.8, 4) is 0 Å². The molecule has 0 spiro atoms. The lowest BCUT2D eigenvalue weighted by Crippen LogP contribution is -2.43. The number of quaternary nitrogens is 1. The Kier molecular flexibility index (Phi) is 11.2. The Morgan fingerprint density at radius 3 is 2.00 bits per heavy atom. The fraction of sp³-hybridized carbons (Fsp3) is 0.889. The molecule has 0 aromatic heterocycles. The normalized spacial score (nSPS) is 13.0. The zero-order valence-electron chi connectivity index (χ0n) is 15.3. The van der Waals surface area contributed by atoms with E-state index < -0.39 is 0 Å². The molecule has 1 atom stereocenters. The molecular weight excluding hydrogens is 278 g/mol. The molecule has 0 saturated heterocycles. The average Bonchev–Trinajstić information content (AvgIpc) is 2.34. The maximum Gasteiger partial charge on any atom is 0.306 e. The maximum absolute atomic E-state index is 11.9. The van der Waals surface area contributed by atoms with Gasteiger partial charge in [-0.2, -0.15) is 0 Å². The lowest BCUT2D eigenvalue weighted by molar-refractivity contribution is -0.873. The maximum atomic E-state index is 11.9. The Hall–Kier alpha value is -0.900. The molecule has 1 unspecified atom stereocenters. The molecule has 4 heteroatoms. The van der Waals surface area contributed by atoms with Gasteiger partial charge in [-0.3, -0.25) is 9.59 Å². The van der Waals surface area contributed by atoms with Crippen molar-refractivity contribution >= 4 is 11.8 Å². The molecule has 0 N–H and O–H groups in total. The predicted molar refractivity (Wildman–Crippen MR) is 90.7 cm³/mol. The quantitative estimate of drug-likeness (QED) is 0.295. The highest BCUT2D eigenvalue weighted by Gasteiger charge is 2.23. The second-order valence-corrected chi connectivity index (χ2v) is 7.36. The summed E-state index contributed by atoms with van der Waals surface area (Å²) in [5.74, 6) is -0.0876. The highest BCUT2D eigenvalue weighted by molar-refractivity contribution is 5.76. The molecule has 0 amide bonds. The monoisotopic (exact) mass is 314 g/mol. The molecule has 0 aromatic rings. The van der Waals surface area contributed by atoms with Gasteiger partial charge in [0.25, 0.3) is 0 Å². The largest absolute Gasteiger partial charge is 0.456 e. The molecule has 22 heavy (non-hydrogen) atoms. The molecule has 0 radical (unpaired) electrons. The number of hydrogen-bond acceptors (Lipinski definition) is 3. The fourth-order valence-electron chi connectivity index (χ4n) is 2.55. The molecule has 0 rings (SSSR count). The van der Waals surface area contributed by atoms with Crippen LogP contribution < -0.4 is 0 Å². The van der Waals surface area contributed by atoms with Crippen LogP contribution in [0.4, 0.5) is 0 Å². The number of unbranched alkanes of at least 4 members (excludes halogenated alkanes) is 6. The minimum absolute atomic E-state index is 0.0715. The van der Waals surface area contributed by atoms with Crippen molar-refractivity contribution in [2.24, 2.45) is 0 Å². The molecule has 0 saturated carbocycles. The lowest BCUT2D eigenvalue weighted by Gasteiger charge is -2.28. The van der Waals surface area contributed by atoms with Gasteiger partial charge in [-0.1, -0.05) is 45.4 Å². The molecule has 0 aliphatic heterocycles. The molecular formula is C18H36NO3+. The van der Waals surface area contributed by atoms with Gasteiger partial charge in [-0.15, -0.1) is 0 Å². The highest BCUT2D eigenvalue weighted by atomic mass is 16.5. The third-order valence-corrected chi connectivity index (χ3v) is 3.55. The van der Waals surface area contributed by atoms with E-state index in [9.17, 15) is 9.59 Å². The summed E-state index contributed by atoms with van der Waals surface area (Å²) in [7, 11) is 6.12. The molecule has 4 nitrogen and oxygen atoms in total. The Morgan fingerprint density at radius 2 is 1.50 bits per heavy atom. The van der Waals surface area contributed by atoms with Crippen molar-refractivity contribution in [3.05, 3.63) is 0 Å². The van der Waals surface area contributed by atoms with Gasteiger partial charge >= 0.3 is 5.97 Å². The van der Waals surface area contributed by atoms with Gasteiger partial charge < -0.3 is 9.22 Å². The van der Waals surface area contributed by atoms with Gasteiger partial charge in [0.15, 0.2) is 6.10 Å². The Balaban J connectivity index is 3.94. The summed E-state index contributed by atoms with van der Waals surface area (Å²) in [5, 5.41) is 0. The van der Waals surface area contributed by atoms with Crippen molar-refractivity contribution in [3.63, 3.8) is 0 Å². The third-order valence-electron chi connectivity index (χ3n) is 3.55. The molecule has 130 valence electrons. The lowest BCUT2D eigenvalue weighted by atomic mass is 10.1. The SMILES string of the molecule is CCCCCCCCCC(=O)OC(CC(C)=O)C[N+](C)(C)C. The molecule has 0 bridgehead atoms. The third kappa shape index (κ3) is 14.1. The van der Waals surface area contributed by atoms with Gasteiger partial charge in [0, 0.05) is 12.8 Å². The number of hydrogen-bond donors (Lipinski definition) is 0. The first-order valence-electron chi connectivity index (χ1n) is 8.74. The van der Waals surface area contributed by atoms with E-state index in [0.717, 1.165) is 12.8 Å². The topological polar surface area (TPSA) is 43.4 Å². The number of esters is 1. The number of rotatable bonds is 13. The summed E-state index contributed by atoms with van der Waals surface area (Å²) in [6.45, 7) is 4.43. The van der Waals surface area contributed by atoms with Crippen LogP contribution in [0.5, 0.6) is 0 Å². The van der Waals surface area contributed by atoms with E-state index in [4.69, 9.17) is 4.74 Å². The predicted octanol–water partition coefficient (Wildman–Crippen LogP) is 3.72. The minimum Gasteiger partial charge on any atom is -0.456 e. The average molecular weight is 314 g/mol. The number of carbonyl (C=O) groups excluding carboxylic acids is 2. The number of ether oxygens (including phenoxy) is 1. The van der Waals surface area contributed by atoms with E-state index >= 15 is 0 Å². The van der Waals surface area contributed by atoms with Crippen LogP contribution in [-0.4, -0.2) is 50.0 Å². The van der Waals surface area contributed by atoms with E-state index in [1.54, 1.807) is 6.92 Å². The number of likely N-dealkylation sites (N-methyl/N-ethyl adjacent to an activating group) is 1. The molecule has 0 aliphatic carbocycles. The van der Waals surface area contributed by atoms with Crippen LogP contribution in [0, 0.1) is 0 Å². The number of nitrogens with zero attached hydrogens (tertiary/aromatic N) is 1. The molecule has 0 aromatic carbocycles. The first kappa shape index (κ1) is 21.1. The van der Waals surface area contributed by atoms with Crippen LogP contribution in [-0.2, 0) is 14.3 Å². The Labute approximate surface area is 136 Å². The van der Waals surface area contributed by atoms with Crippen molar-refractivity contribution < 1.29 is 18.8 Å². The standard InChI is InChI=1S/C18H36NO3/c1-6-7-8-9-10-11-12-13-18(21)22-17(14-16(2)20)15-19(3,4)5/h17H,6-15H2,1-5H3/q+1. The molecule has 0 heterocycles. The van der Waals surface area contributed by atoms with Crippen molar-refractivity contribution in [1.29, 1.82) is 0 Å². The number of Topliss-reactive ketones (excluding diaryl/α,β-unsaturated/α-hetero) is 1.